The average molecular weight is 267 g/mol. The Morgan fingerprint density at radius 3 is 1.24 bits per heavy atom. The Hall–Kier alpha value is -2.35. The van der Waals surface area contributed by atoms with Gasteiger partial charge in [0.15, 0.2) is 0 Å². The van der Waals surface area contributed by atoms with E-state index in [9.17, 15) is 19.2 Å². The summed E-state index contributed by atoms with van der Waals surface area (Å²) in [5.41, 5.74) is 0. The van der Waals surface area contributed by atoms with Crippen molar-refractivity contribution in [3.8, 4) is 0 Å². The molecule has 0 aliphatic heterocycles. The van der Waals surface area contributed by atoms with E-state index in [1.54, 1.807) is 0 Å². The lowest BCUT2D eigenvalue weighted by molar-refractivity contribution is -0.134. The van der Waals surface area contributed by atoms with Gasteiger partial charge in [-0.2, -0.15) is 0 Å². The third-order valence-electron chi connectivity index (χ3n) is 0.823. The van der Waals surface area contributed by atoms with E-state index in [1.807, 2.05) is 0 Å². The molecule has 0 heterocycles. The van der Waals surface area contributed by atoms with Gasteiger partial charge in [0.05, 0.1) is 0 Å². The van der Waals surface area contributed by atoms with Gasteiger partial charge in [0.2, 0.25) is 0 Å². The van der Waals surface area contributed by atoms with Crippen LogP contribution in [0.25, 0.3) is 0 Å². The van der Waals surface area contributed by atoms with Crippen molar-refractivity contribution in [1.29, 1.82) is 0 Å². The molecule has 0 atom stereocenters. The molecule has 0 amide bonds. The maximum absolute atomic E-state index is 9.77. The second kappa shape index (κ2) is 8.92. The number of aliphatic carboxylic acids is 4. The molecule has 0 aromatic carbocycles. The molecule has 0 unspecified atom stereocenters. The molecule has 0 aromatic heterocycles. The maximum atomic E-state index is 9.77. The Labute approximate surface area is 99.0 Å². The third-order valence-corrected chi connectivity index (χ3v) is 1.09. The topological polar surface area (TPSA) is 149 Å². The normalized spacial score (nSPS) is 10.3. The predicted molar refractivity (Wildman–Crippen MR) is 53.6 cm³/mol. The van der Waals surface area contributed by atoms with Crippen LogP contribution in [0.3, 0.4) is 0 Å². The molecule has 0 rings (SSSR count). The van der Waals surface area contributed by atoms with Crippen molar-refractivity contribution in [2.45, 2.75) is 0 Å². The van der Waals surface area contributed by atoms with Crippen LogP contribution in [0.2, 0.25) is 0 Å². The maximum Gasteiger partial charge on any atom is 0.347 e. The van der Waals surface area contributed by atoms with E-state index >= 15 is 0 Å². The van der Waals surface area contributed by atoms with Gasteiger partial charge < -0.3 is 20.4 Å². The highest BCUT2D eigenvalue weighted by atomic mass is 35.5. The van der Waals surface area contributed by atoms with Crippen LogP contribution in [0, 0.1) is 0 Å². The number of carboxylic acids is 4. The monoisotopic (exact) mass is 266 g/mol. The van der Waals surface area contributed by atoms with Gasteiger partial charge in [-0.05, 0) is 0 Å². The van der Waals surface area contributed by atoms with E-state index in [2.05, 4.69) is 0 Å². The van der Waals surface area contributed by atoms with E-state index in [1.165, 1.54) is 0 Å². The minimum atomic E-state index is -1.45. The van der Waals surface area contributed by atoms with Crippen LogP contribution < -0.4 is 0 Å². The minimum absolute atomic E-state index is 0.407. The Morgan fingerprint density at radius 1 is 0.765 bits per heavy atom. The summed E-state index contributed by atoms with van der Waals surface area (Å²) >= 11 is 4.89. The van der Waals surface area contributed by atoms with Gasteiger partial charge in [-0.1, -0.05) is 11.6 Å². The van der Waals surface area contributed by atoms with E-state index in [0.717, 1.165) is 0 Å². The van der Waals surface area contributed by atoms with Crippen molar-refractivity contribution in [2.75, 3.05) is 0 Å². The van der Waals surface area contributed by atoms with Crippen LogP contribution in [0.15, 0.2) is 23.3 Å². The SMILES string of the molecule is O=C(O)/C=C(/Cl)C(=O)O.O=C(O)C=CC(=O)O. The van der Waals surface area contributed by atoms with Crippen molar-refractivity contribution in [1.82, 2.24) is 0 Å². The Bertz CT molecular complexity index is 365. The number of hydrogen-bond acceptors (Lipinski definition) is 4. The van der Waals surface area contributed by atoms with E-state index in [4.69, 9.17) is 32.0 Å². The molecule has 0 saturated carbocycles. The molecule has 0 aliphatic carbocycles. The first-order valence-electron chi connectivity index (χ1n) is 3.64. The van der Waals surface area contributed by atoms with Gasteiger partial charge in [0, 0.05) is 18.2 Å². The van der Waals surface area contributed by atoms with E-state index < -0.39 is 28.9 Å². The smallest absolute Gasteiger partial charge is 0.347 e. The fourth-order valence-electron chi connectivity index (χ4n) is 0.313. The molecule has 0 spiro atoms. The number of carbonyl (C=O) groups is 4. The zero-order chi connectivity index (χ0) is 14.0. The Morgan fingerprint density at radius 2 is 1.12 bits per heavy atom. The van der Waals surface area contributed by atoms with Crippen LogP contribution in [-0.4, -0.2) is 44.3 Å². The molecule has 0 bridgehead atoms. The van der Waals surface area contributed by atoms with E-state index in [-0.39, 0.29) is 0 Å². The second-order valence-corrected chi connectivity index (χ2v) is 2.55. The second-order valence-electron chi connectivity index (χ2n) is 2.15. The number of hydrogen-bond donors (Lipinski definition) is 4. The van der Waals surface area contributed by atoms with Gasteiger partial charge in [-0.25, -0.2) is 19.2 Å². The predicted octanol–water partition coefficient (Wildman–Crippen LogP) is -0.00990. The molecule has 0 saturated heterocycles. The molecule has 0 aromatic rings. The summed E-state index contributed by atoms with van der Waals surface area (Å²) in [6.07, 6.45) is 1.52. The van der Waals surface area contributed by atoms with Crippen molar-refractivity contribution in [3.05, 3.63) is 23.3 Å². The zero-order valence-electron chi connectivity index (χ0n) is 8.03. The number of carboxylic acid groups (broad SMARTS) is 4. The van der Waals surface area contributed by atoms with Gasteiger partial charge in [0.1, 0.15) is 5.03 Å². The van der Waals surface area contributed by atoms with Crippen LogP contribution in [0.5, 0.6) is 0 Å². The lowest BCUT2D eigenvalue weighted by Gasteiger charge is -1.83. The quantitative estimate of drug-likeness (QED) is 0.519. The zero-order valence-corrected chi connectivity index (χ0v) is 8.79. The first kappa shape index (κ1) is 17.1. The Kier molecular flexibility index (Phi) is 8.95. The molecule has 0 radical (unpaired) electrons. The molecule has 9 heteroatoms. The summed E-state index contributed by atoms with van der Waals surface area (Å²) in [7, 11) is 0. The third kappa shape index (κ3) is 16.3. The van der Waals surface area contributed by atoms with Crippen LogP contribution in [-0.2, 0) is 19.2 Å². The fourth-order valence-corrected chi connectivity index (χ4v) is 0.406. The highest BCUT2D eigenvalue weighted by molar-refractivity contribution is 6.42. The van der Waals surface area contributed by atoms with E-state index in [0.29, 0.717) is 18.2 Å². The van der Waals surface area contributed by atoms with Crippen LogP contribution >= 0.6 is 11.6 Å². The van der Waals surface area contributed by atoms with Crippen LogP contribution in [0.1, 0.15) is 0 Å². The van der Waals surface area contributed by atoms with Gasteiger partial charge >= 0.3 is 23.9 Å². The van der Waals surface area contributed by atoms with Gasteiger partial charge in [0.25, 0.3) is 0 Å². The van der Waals surface area contributed by atoms with Crippen molar-refractivity contribution in [3.63, 3.8) is 0 Å². The standard InChI is InChI=1S/C4H3ClO4.C4H4O4/c5-2(4(8)9)1-3(6)7;5-3(6)1-2-4(7)8/h1H,(H,6,7)(H,8,9);1-2H,(H,5,6)(H,7,8)/b2-1+;. The lowest BCUT2D eigenvalue weighted by Crippen LogP contribution is -1.97. The highest BCUT2D eigenvalue weighted by Crippen LogP contribution is 1.98. The molecule has 0 aliphatic rings. The summed E-state index contributed by atoms with van der Waals surface area (Å²) in [6, 6.07) is 0. The Balaban J connectivity index is 0. The summed E-state index contributed by atoms with van der Waals surface area (Å²) in [6.45, 7) is 0. The minimum Gasteiger partial charge on any atom is -0.478 e. The molecule has 17 heavy (non-hydrogen) atoms. The fraction of sp³-hybridized carbons (Fsp3) is 0. The van der Waals surface area contributed by atoms with Gasteiger partial charge in [-0.3, -0.25) is 0 Å². The van der Waals surface area contributed by atoms with Crippen molar-refractivity contribution < 1.29 is 39.6 Å². The molecule has 8 nitrogen and oxygen atoms in total. The van der Waals surface area contributed by atoms with Gasteiger partial charge in [-0.15, -0.1) is 0 Å². The van der Waals surface area contributed by atoms with Crippen LogP contribution in [0.4, 0.5) is 0 Å². The lowest BCUT2D eigenvalue weighted by atomic mass is 10.5. The highest BCUT2D eigenvalue weighted by Gasteiger charge is 2.03. The van der Waals surface area contributed by atoms with Crippen molar-refractivity contribution >= 4 is 35.5 Å². The number of halogens is 1. The summed E-state index contributed by atoms with van der Waals surface area (Å²) in [5, 5.41) is 30.8. The largest absolute Gasteiger partial charge is 0.478 e. The molecular weight excluding hydrogens is 260 g/mol. The number of rotatable bonds is 4. The molecular formula is C8H7ClO8. The molecule has 4 N–H and O–H groups in total. The molecule has 94 valence electrons. The summed E-state index contributed by atoms with van der Waals surface area (Å²) in [4.78, 5) is 38.6. The first-order valence-corrected chi connectivity index (χ1v) is 4.02. The average Bonchev–Trinajstić information content (AvgIpc) is 2.14. The first-order chi connectivity index (χ1) is 7.66. The summed E-state index contributed by atoms with van der Waals surface area (Å²) in [5.74, 6) is -5.33. The van der Waals surface area contributed by atoms with Crippen molar-refractivity contribution in [2.24, 2.45) is 0 Å². The molecule has 0 fully saturated rings. The summed E-state index contributed by atoms with van der Waals surface area (Å²) < 4.78 is 0.